The molecule has 0 atom stereocenters. The maximum Gasteiger partial charge on any atom is 0.250 e. The normalized spacial score (nSPS) is 16.4. The molecule has 0 unspecified atom stereocenters. The van der Waals surface area contributed by atoms with Crippen LogP contribution in [0, 0.1) is 0 Å². The third-order valence-corrected chi connectivity index (χ3v) is 6.29. The van der Waals surface area contributed by atoms with E-state index in [1.807, 2.05) is 42.5 Å². The summed E-state index contributed by atoms with van der Waals surface area (Å²) < 4.78 is 0. The van der Waals surface area contributed by atoms with E-state index in [2.05, 4.69) is 22.8 Å². The van der Waals surface area contributed by atoms with Crippen molar-refractivity contribution in [3.8, 4) is 0 Å². The number of rotatable bonds is 2. The fraction of sp³-hybridized carbons (Fsp3) is 0.174. The van der Waals surface area contributed by atoms with E-state index in [0.29, 0.717) is 16.5 Å². The second kappa shape index (κ2) is 6.88. The first-order valence-corrected chi connectivity index (χ1v) is 10.7. The van der Waals surface area contributed by atoms with Crippen molar-refractivity contribution in [2.75, 3.05) is 21.3 Å². The molecule has 3 aromatic rings. The first-order chi connectivity index (χ1) is 14.4. The summed E-state index contributed by atoms with van der Waals surface area (Å²) in [6.07, 6.45) is 0. The highest BCUT2D eigenvalue weighted by atomic mass is 32.2. The van der Waals surface area contributed by atoms with Crippen LogP contribution in [-0.4, -0.2) is 28.3 Å². The Morgan fingerprint density at radius 1 is 1.00 bits per heavy atom. The Morgan fingerprint density at radius 3 is 2.57 bits per heavy atom. The van der Waals surface area contributed by atoms with Gasteiger partial charge < -0.3 is 10.6 Å². The summed E-state index contributed by atoms with van der Waals surface area (Å²) in [5.74, 6) is -0.184. The number of amides is 2. The van der Waals surface area contributed by atoms with Crippen molar-refractivity contribution in [2.24, 2.45) is 4.99 Å². The first kappa shape index (κ1) is 18.7. The Balaban J connectivity index is 1.41. The number of thioether (sulfide) groups is 1. The van der Waals surface area contributed by atoms with Gasteiger partial charge >= 0.3 is 0 Å². The third-order valence-electron chi connectivity index (χ3n) is 5.44. The van der Waals surface area contributed by atoms with E-state index in [-0.39, 0.29) is 17.6 Å². The van der Waals surface area contributed by atoms with Crippen molar-refractivity contribution in [3.05, 3.63) is 60.7 Å². The van der Waals surface area contributed by atoms with Gasteiger partial charge in [-0.15, -0.1) is 0 Å². The highest BCUT2D eigenvalue weighted by Gasteiger charge is 2.43. The van der Waals surface area contributed by atoms with Gasteiger partial charge in [0.15, 0.2) is 5.17 Å². The average molecular weight is 417 g/mol. The van der Waals surface area contributed by atoms with Crippen LogP contribution in [0.1, 0.15) is 13.8 Å². The van der Waals surface area contributed by atoms with Gasteiger partial charge in [-0.25, -0.2) is 4.99 Å². The van der Waals surface area contributed by atoms with E-state index in [4.69, 9.17) is 4.99 Å². The van der Waals surface area contributed by atoms with Crippen molar-refractivity contribution in [1.29, 1.82) is 0 Å². The molecule has 0 aliphatic carbocycles. The number of carbonyl (C=O) groups is 2. The van der Waals surface area contributed by atoms with Crippen molar-refractivity contribution >= 4 is 62.3 Å². The number of hydrogen-bond donors (Lipinski definition) is 2. The number of amidine groups is 1. The molecule has 0 saturated heterocycles. The maximum absolute atomic E-state index is 13.2. The van der Waals surface area contributed by atoms with Crippen LogP contribution in [0.5, 0.6) is 0 Å². The van der Waals surface area contributed by atoms with Crippen molar-refractivity contribution in [2.45, 2.75) is 19.4 Å². The summed E-state index contributed by atoms with van der Waals surface area (Å²) in [5.41, 5.74) is 2.25. The highest BCUT2D eigenvalue weighted by molar-refractivity contribution is 8.14. The molecule has 2 heterocycles. The Labute approximate surface area is 178 Å². The van der Waals surface area contributed by atoms with Crippen LogP contribution in [0.4, 0.5) is 22.7 Å². The summed E-state index contributed by atoms with van der Waals surface area (Å²) >= 11 is 1.34. The van der Waals surface area contributed by atoms with E-state index >= 15 is 0 Å². The Bertz CT molecular complexity index is 1230. The number of aliphatic imine (C=N–C) groups is 1. The molecule has 0 fully saturated rings. The molecule has 5 rings (SSSR count). The molecule has 6 nitrogen and oxygen atoms in total. The van der Waals surface area contributed by atoms with Crippen LogP contribution < -0.4 is 15.5 Å². The summed E-state index contributed by atoms with van der Waals surface area (Å²) in [7, 11) is 0. The topological polar surface area (TPSA) is 73.8 Å². The zero-order valence-electron chi connectivity index (χ0n) is 16.6. The van der Waals surface area contributed by atoms with Gasteiger partial charge in [0, 0.05) is 5.39 Å². The lowest BCUT2D eigenvalue weighted by Crippen LogP contribution is -2.59. The molecule has 0 spiro atoms. The van der Waals surface area contributed by atoms with Gasteiger partial charge in [0.05, 0.1) is 28.5 Å². The van der Waals surface area contributed by atoms with E-state index in [0.717, 1.165) is 22.1 Å². The number of para-hydroxylation sites is 2. The molecule has 0 radical (unpaired) electrons. The molecule has 0 aromatic heterocycles. The molecule has 2 aliphatic heterocycles. The minimum Gasteiger partial charge on any atom is -0.334 e. The first-order valence-electron chi connectivity index (χ1n) is 9.69. The second-order valence-corrected chi connectivity index (χ2v) is 8.73. The molecule has 2 aliphatic rings. The van der Waals surface area contributed by atoms with Crippen LogP contribution in [0.2, 0.25) is 0 Å². The molecule has 2 amide bonds. The zero-order valence-corrected chi connectivity index (χ0v) is 17.4. The maximum atomic E-state index is 13.2. The van der Waals surface area contributed by atoms with Gasteiger partial charge in [-0.1, -0.05) is 48.2 Å². The van der Waals surface area contributed by atoms with Crippen LogP contribution in [0.25, 0.3) is 10.8 Å². The molecule has 150 valence electrons. The summed E-state index contributed by atoms with van der Waals surface area (Å²) in [6.45, 7) is 3.52. The average Bonchev–Trinajstić information content (AvgIpc) is 2.73. The van der Waals surface area contributed by atoms with Crippen molar-refractivity contribution in [3.63, 3.8) is 0 Å². The van der Waals surface area contributed by atoms with Crippen LogP contribution in [0.3, 0.4) is 0 Å². The minimum atomic E-state index is -0.980. The Kier molecular flexibility index (Phi) is 4.29. The number of carbonyl (C=O) groups excluding carboxylic acids is 2. The fourth-order valence-electron chi connectivity index (χ4n) is 3.93. The number of hydrogen-bond acceptors (Lipinski definition) is 5. The second-order valence-electron chi connectivity index (χ2n) is 7.77. The summed E-state index contributed by atoms with van der Waals surface area (Å²) in [5, 5.41) is 9.09. The largest absolute Gasteiger partial charge is 0.334 e. The minimum absolute atomic E-state index is 0.145. The highest BCUT2D eigenvalue weighted by Crippen LogP contribution is 2.39. The standard InChI is InChI=1S/C23H20N4O2S/c1-23(2)21(29)24-15-9-3-4-12-18(15)27(23)19(28)13-30-22-25-16-10-5-7-14-8-6-11-17(26-22)20(14)16/h3-12H,13H2,1-2H3,(H,24,29)(H,25,26). The zero-order chi connectivity index (χ0) is 20.9. The molecule has 3 aromatic carbocycles. The smallest absolute Gasteiger partial charge is 0.250 e. The number of benzene rings is 3. The van der Waals surface area contributed by atoms with Gasteiger partial charge in [0.2, 0.25) is 11.8 Å². The molecule has 2 N–H and O–H groups in total. The van der Waals surface area contributed by atoms with E-state index < -0.39 is 5.54 Å². The number of nitrogens with one attached hydrogen (secondary N) is 2. The number of fused-ring (bicyclic) bond motifs is 1. The van der Waals surface area contributed by atoms with Crippen LogP contribution in [-0.2, 0) is 9.59 Å². The Morgan fingerprint density at radius 2 is 1.73 bits per heavy atom. The van der Waals surface area contributed by atoms with E-state index in [1.54, 1.807) is 24.8 Å². The van der Waals surface area contributed by atoms with Crippen molar-refractivity contribution in [1.82, 2.24) is 0 Å². The SMILES string of the molecule is CC1(C)C(=O)Nc2ccccc2N1C(=O)CSC1=Nc2cccc3cccc(c23)N1. The van der Waals surface area contributed by atoms with Crippen LogP contribution in [0.15, 0.2) is 65.7 Å². The fourth-order valence-corrected chi connectivity index (χ4v) is 4.67. The molecule has 7 heteroatoms. The van der Waals surface area contributed by atoms with Gasteiger partial charge in [0.1, 0.15) is 5.54 Å². The molecule has 30 heavy (non-hydrogen) atoms. The predicted molar refractivity (Wildman–Crippen MR) is 124 cm³/mol. The predicted octanol–water partition coefficient (Wildman–Crippen LogP) is 4.75. The summed E-state index contributed by atoms with van der Waals surface area (Å²) in [4.78, 5) is 32.1. The van der Waals surface area contributed by atoms with Gasteiger partial charge in [0.25, 0.3) is 0 Å². The Hall–Kier alpha value is -3.32. The molecule has 0 bridgehead atoms. The van der Waals surface area contributed by atoms with Gasteiger partial charge in [-0.3, -0.25) is 14.5 Å². The van der Waals surface area contributed by atoms with Crippen LogP contribution >= 0.6 is 11.8 Å². The lowest BCUT2D eigenvalue weighted by atomic mass is 9.96. The van der Waals surface area contributed by atoms with E-state index in [9.17, 15) is 9.59 Å². The van der Waals surface area contributed by atoms with Gasteiger partial charge in [-0.05, 0) is 43.5 Å². The monoisotopic (exact) mass is 416 g/mol. The number of nitrogens with zero attached hydrogens (tertiary/aromatic N) is 2. The third kappa shape index (κ3) is 2.93. The van der Waals surface area contributed by atoms with E-state index in [1.165, 1.54) is 11.8 Å². The molecule has 0 saturated carbocycles. The van der Waals surface area contributed by atoms with Crippen molar-refractivity contribution < 1.29 is 9.59 Å². The molecular weight excluding hydrogens is 396 g/mol. The lowest BCUT2D eigenvalue weighted by Gasteiger charge is -2.42. The summed E-state index contributed by atoms with van der Waals surface area (Å²) in [6, 6.07) is 19.4. The quantitative estimate of drug-likeness (QED) is 0.632. The van der Waals surface area contributed by atoms with Gasteiger partial charge in [-0.2, -0.15) is 0 Å². The lowest BCUT2D eigenvalue weighted by molar-refractivity contribution is -0.125. The number of anilines is 3. The molecular formula is C23H20N4O2S.